The molecule has 1 aliphatic rings. The van der Waals surface area contributed by atoms with E-state index in [0.717, 1.165) is 12.5 Å². The van der Waals surface area contributed by atoms with E-state index in [1.54, 1.807) is 0 Å². The molecule has 0 radical (unpaired) electrons. The first-order chi connectivity index (χ1) is 5.72. The second-order valence-electron chi connectivity index (χ2n) is 4.13. The largest absolute Gasteiger partial charge is 0.380 e. The van der Waals surface area contributed by atoms with Crippen LogP contribution < -0.4 is 0 Å². The van der Waals surface area contributed by atoms with Crippen molar-refractivity contribution in [2.24, 2.45) is 5.92 Å². The summed E-state index contributed by atoms with van der Waals surface area (Å²) in [5, 5.41) is 0. The van der Waals surface area contributed by atoms with Gasteiger partial charge in [0.25, 0.3) is 0 Å². The van der Waals surface area contributed by atoms with Gasteiger partial charge < -0.3 is 9.64 Å². The number of methoxy groups -OCH3 is 1. The van der Waals surface area contributed by atoms with Crippen molar-refractivity contribution in [3.8, 4) is 0 Å². The normalized spacial score (nSPS) is 25.5. The topological polar surface area (TPSA) is 12.5 Å². The summed E-state index contributed by atoms with van der Waals surface area (Å²) in [5.74, 6) is 0.826. The Morgan fingerprint density at radius 1 is 1.50 bits per heavy atom. The fraction of sp³-hybridized carbons (Fsp3) is 1.00. The lowest BCUT2D eigenvalue weighted by atomic mass is 10.1. The first kappa shape index (κ1) is 10.0. The molecule has 12 heavy (non-hydrogen) atoms. The van der Waals surface area contributed by atoms with Gasteiger partial charge in [-0.3, -0.25) is 0 Å². The molecule has 0 bridgehead atoms. The van der Waals surface area contributed by atoms with E-state index in [2.05, 4.69) is 18.7 Å². The highest BCUT2D eigenvalue weighted by molar-refractivity contribution is 4.75. The van der Waals surface area contributed by atoms with E-state index in [9.17, 15) is 0 Å². The Hall–Kier alpha value is -0.0800. The summed E-state index contributed by atoms with van der Waals surface area (Å²) in [4.78, 5) is 2.51. The Kier molecular flexibility index (Phi) is 4.02. The van der Waals surface area contributed by atoms with Gasteiger partial charge in [0, 0.05) is 20.2 Å². The standard InChI is InChI=1S/C10H21NO/c1-9(2)4-6-11-7-5-10(8-11)12-3/h9-10H,4-8H2,1-3H3/t10-/m0/s1. The van der Waals surface area contributed by atoms with Crippen LogP contribution in [0.2, 0.25) is 0 Å². The van der Waals surface area contributed by atoms with Crippen LogP contribution in [0.1, 0.15) is 26.7 Å². The summed E-state index contributed by atoms with van der Waals surface area (Å²) in [6.45, 7) is 8.18. The lowest BCUT2D eigenvalue weighted by Gasteiger charge is -2.16. The lowest BCUT2D eigenvalue weighted by Crippen LogP contribution is -2.24. The highest BCUT2D eigenvalue weighted by Gasteiger charge is 2.21. The number of nitrogens with zero attached hydrogens (tertiary/aromatic N) is 1. The monoisotopic (exact) mass is 171 g/mol. The molecule has 0 saturated carbocycles. The minimum absolute atomic E-state index is 0.497. The summed E-state index contributed by atoms with van der Waals surface area (Å²) >= 11 is 0. The van der Waals surface area contributed by atoms with E-state index < -0.39 is 0 Å². The Morgan fingerprint density at radius 3 is 2.75 bits per heavy atom. The fourth-order valence-corrected chi connectivity index (χ4v) is 1.63. The van der Waals surface area contributed by atoms with Crippen molar-refractivity contribution < 1.29 is 4.74 Å². The second-order valence-corrected chi connectivity index (χ2v) is 4.13. The molecule has 1 rings (SSSR count). The van der Waals surface area contributed by atoms with E-state index in [1.807, 2.05) is 7.11 Å². The first-order valence-electron chi connectivity index (χ1n) is 4.97. The number of ether oxygens (including phenoxy) is 1. The van der Waals surface area contributed by atoms with Gasteiger partial charge in [0.1, 0.15) is 0 Å². The predicted octanol–water partition coefficient (Wildman–Crippen LogP) is 1.75. The zero-order valence-electron chi connectivity index (χ0n) is 8.55. The van der Waals surface area contributed by atoms with Gasteiger partial charge in [-0.15, -0.1) is 0 Å². The molecule has 1 aliphatic heterocycles. The fourth-order valence-electron chi connectivity index (χ4n) is 1.63. The molecule has 72 valence electrons. The van der Waals surface area contributed by atoms with Crippen molar-refractivity contribution in [3.63, 3.8) is 0 Å². The van der Waals surface area contributed by atoms with Gasteiger partial charge in [-0.25, -0.2) is 0 Å². The number of rotatable bonds is 4. The second kappa shape index (κ2) is 4.83. The van der Waals surface area contributed by atoms with Crippen molar-refractivity contribution in [3.05, 3.63) is 0 Å². The predicted molar refractivity (Wildman–Crippen MR) is 51.3 cm³/mol. The molecule has 0 unspecified atom stereocenters. The number of hydrogen-bond acceptors (Lipinski definition) is 2. The zero-order chi connectivity index (χ0) is 8.97. The van der Waals surface area contributed by atoms with Crippen LogP contribution in [-0.4, -0.2) is 37.7 Å². The van der Waals surface area contributed by atoms with Crippen LogP contribution in [0.5, 0.6) is 0 Å². The molecular formula is C10H21NO. The third kappa shape index (κ3) is 3.11. The molecule has 0 aromatic rings. The van der Waals surface area contributed by atoms with E-state index >= 15 is 0 Å². The van der Waals surface area contributed by atoms with Crippen LogP contribution in [0.15, 0.2) is 0 Å². The van der Waals surface area contributed by atoms with Crippen LogP contribution in [0.4, 0.5) is 0 Å². The summed E-state index contributed by atoms with van der Waals surface area (Å²) in [5.41, 5.74) is 0. The highest BCUT2D eigenvalue weighted by atomic mass is 16.5. The smallest absolute Gasteiger partial charge is 0.0710 e. The van der Waals surface area contributed by atoms with Gasteiger partial charge in [0.15, 0.2) is 0 Å². The molecule has 0 N–H and O–H groups in total. The van der Waals surface area contributed by atoms with Crippen LogP contribution in [0.3, 0.4) is 0 Å². The molecule has 1 atom stereocenters. The summed E-state index contributed by atoms with van der Waals surface area (Å²) in [6.07, 6.45) is 3.03. The first-order valence-corrected chi connectivity index (χ1v) is 4.97. The Bertz CT molecular complexity index is 125. The molecule has 2 heteroatoms. The molecule has 0 aromatic heterocycles. The maximum atomic E-state index is 5.31. The molecule has 0 aromatic carbocycles. The number of likely N-dealkylation sites (tertiary alicyclic amines) is 1. The van der Waals surface area contributed by atoms with E-state index in [-0.39, 0.29) is 0 Å². The molecular weight excluding hydrogens is 150 g/mol. The zero-order valence-corrected chi connectivity index (χ0v) is 8.55. The molecule has 1 heterocycles. The van der Waals surface area contributed by atoms with Gasteiger partial charge >= 0.3 is 0 Å². The molecule has 2 nitrogen and oxygen atoms in total. The quantitative estimate of drug-likeness (QED) is 0.639. The molecule has 1 saturated heterocycles. The van der Waals surface area contributed by atoms with Gasteiger partial charge in [0.2, 0.25) is 0 Å². The molecule has 0 spiro atoms. The van der Waals surface area contributed by atoms with Gasteiger partial charge in [0.05, 0.1) is 6.10 Å². The SMILES string of the molecule is CO[C@H]1CCN(CCC(C)C)C1. The van der Waals surface area contributed by atoms with Crippen LogP contribution in [0.25, 0.3) is 0 Å². The van der Waals surface area contributed by atoms with Crippen molar-refractivity contribution in [1.29, 1.82) is 0 Å². The van der Waals surface area contributed by atoms with E-state index in [1.165, 1.54) is 25.9 Å². The highest BCUT2D eigenvalue weighted by Crippen LogP contribution is 2.13. The maximum absolute atomic E-state index is 5.31. The van der Waals surface area contributed by atoms with Crippen LogP contribution >= 0.6 is 0 Å². The van der Waals surface area contributed by atoms with E-state index in [0.29, 0.717) is 6.10 Å². The Morgan fingerprint density at radius 2 is 2.25 bits per heavy atom. The summed E-state index contributed by atoms with van der Waals surface area (Å²) < 4.78 is 5.31. The summed E-state index contributed by atoms with van der Waals surface area (Å²) in [7, 11) is 1.82. The van der Waals surface area contributed by atoms with E-state index in [4.69, 9.17) is 4.74 Å². The van der Waals surface area contributed by atoms with Crippen molar-refractivity contribution in [2.75, 3.05) is 26.7 Å². The van der Waals surface area contributed by atoms with Gasteiger partial charge in [-0.05, 0) is 25.3 Å². The number of hydrogen-bond donors (Lipinski definition) is 0. The van der Waals surface area contributed by atoms with Crippen LogP contribution in [0, 0.1) is 5.92 Å². The molecule has 0 amide bonds. The van der Waals surface area contributed by atoms with Crippen LogP contribution in [-0.2, 0) is 4.74 Å². The third-order valence-electron chi connectivity index (χ3n) is 2.59. The van der Waals surface area contributed by atoms with Gasteiger partial charge in [-0.1, -0.05) is 13.8 Å². The Balaban J connectivity index is 2.11. The van der Waals surface area contributed by atoms with Crippen molar-refractivity contribution in [1.82, 2.24) is 4.90 Å². The third-order valence-corrected chi connectivity index (χ3v) is 2.59. The average molecular weight is 171 g/mol. The van der Waals surface area contributed by atoms with Crippen molar-refractivity contribution in [2.45, 2.75) is 32.8 Å². The molecule has 0 aliphatic carbocycles. The minimum atomic E-state index is 0.497. The lowest BCUT2D eigenvalue weighted by molar-refractivity contribution is 0.107. The minimum Gasteiger partial charge on any atom is -0.380 e. The van der Waals surface area contributed by atoms with Gasteiger partial charge in [-0.2, -0.15) is 0 Å². The summed E-state index contributed by atoms with van der Waals surface area (Å²) in [6, 6.07) is 0. The Labute approximate surface area is 75.9 Å². The molecule has 1 fully saturated rings. The maximum Gasteiger partial charge on any atom is 0.0710 e. The van der Waals surface area contributed by atoms with Crippen molar-refractivity contribution >= 4 is 0 Å². The average Bonchev–Trinajstić information content (AvgIpc) is 2.48.